The van der Waals surface area contributed by atoms with Gasteiger partial charge in [0.1, 0.15) is 5.82 Å². The fraction of sp³-hybridized carbons (Fsp3) is 0.308. The van der Waals surface area contributed by atoms with Gasteiger partial charge in [-0.2, -0.15) is 0 Å². The third-order valence-corrected chi connectivity index (χ3v) is 6.55. The number of nitrogens with zero attached hydrogens (tertiary/aromatic N) is 4. The molecule has 0 radical (unpaired) electrons. The maximum Gasteiger partial charge on any atom is 0.246 e. The van der Waals surface area contributed by atoms with Crippen LogP contribution in [0.15, 0.2) is 66.1 Å². The number of piperidine rings is 1. The standard InChI is InChI=1S/C26H27FN4O2S/c1-33-15-16-34-26-29-18-23(20-5-4-6-21(27)17-20)25(30-26)19-10-13-31(14-11-19)24(32)9-8-22-7-2-3-12-28-22/h2-9,12,17-19H,10-11,13-16H2,1H3/b9-8+. The van der Waals surface area contributed by atoms with Gasteiger partial charge < -0.3 is 9.64 Å². The summed E-state index contributed by atoms with van der Waals surface area (Å²) < 4.78 is 19.1. The highest BCUT2D eigenvalue weighted by molar-refractivity contribution is 7.99. The Morgan fingerprint density at radius 1 is 1.21 bits per heavy atom. The highest BCUT2D eigenvalue weighted by Gasteiger charge is 2.26. The zero-order chi connectivity index (χ0) is 23.8. The van der Waals surface area contributed by atoms with Gasteiger partial charge in [-0.1, -0.05) is 30.0 Å². The number of likely N-dealkylation sites (tertiary alicyclic amines) is 1. The molecule has 0 spiro atoms. The van der Waals surface area contributed by atoms with E-state index in [0.29, 0.717) is 24.9 Å². The van der Waals surface area contributed by atoms with Crippen molar-refractivity contribution in [2.75, 3.05) is 32.6 Å². The molecule has 0 aliphatic carbocycles. The number of halogens is 1. The summed E-state index contributed by atoms with van der Waals surface area (Å²) in [6, 6.07) is 12.1. The lowest BCUT2D eigenvalue weighted by Gasteiger charge is -2.32. The number of carbonyl (C=O) groups is 1. The van der Waals surface area contributed by atoms with Gasteiger partial charge in [-0.3, -0.25) is 9.78 Å². The molecule has 3 aromatic rings. The van der Waals surface area contributed by atoms with Crippen LogP contribution in [0, 0.1) is 5.82 Å². The Hall–Kier alpha value is -3.10. The van der Waals surface area contributed by atoms with Gasteiger partial charge in [-0.15, -0.1) is 0 Å². The van der Waals surface area contributed by atoms with Crippen LogP contribution < -0.4 is 0 Å². The van der Waals surface area contributed by atoms with Crippen LogP contribution in [-0.4, -0.2) is 58.3 Å². The smallest absolute Gasteiger partial charge is 0.246 e. The van der Waals surface area contributed by atoms with E-state index in [2.05, 4.69) is 9.97 Å². The number of amides is 1. The molecule has 0 bridgehead atoms. The molecule has 0 saturated carbocycles. The Morgan fingerprint density at radius 2 is 2.06 bits per heavy atom. The van der Waals surface area contributed by atoms with Gasteiger partial charge in [0.2, 0.25) is 5.91 Å². The lowest BCUT2D eigenvalue weighted by molar-refractivity contribution is -0.126. The molecule has 1 aromatic carbocycles. The number of thioether (sulfide) groups is 1. The summed E-state index contributed by atoms with van der Waals surface area (Å²) in [4.78, 5) is 28.1. The lowest BCUT2D eigenvalue weighted by atomic mass is 9.89. The average Bonchev–Trinajstić information content (AvgIpc) is 2.88. The number of ether oxygens (including phenoxy) is 1. The molecule has 0 atom stereocenters. The summed E-state index contributed by atoms with van der Waals surface area (Å²) in [6.45, 7) is 1.88. The molecular weight excluding hydrogens is 451 g/mol. The van der Waals surface area contributed by atoms with Crippen LogP contribution in [-0.2, 0) is 9.53 Å². The van der Waals surface area contributed by atoms with Crippen molar-refractivity contribution >= 4 is 23.7 Å². The van der Waals surface area contributed by atoms with E-state index in [1.807, 2.05) is 29.2 Å². The molecule has 2 aromatic heterocycles. The highest BCUT2D eigenvalue weighted by Crippen LogP contribution is 2.35. The van der Waals surface area contributed by atoms with Crippen LogP contribution in [0.5, 0.6) is 0 Å². The van der Waals surface area contributed by atoms with E-state index >= 15 is 0 Å². The van der Waals surface area contributed by atoms with Crippen molar-refractivity contribution < 1.29 is 13.9 Å². The van der Waals surface area contributed by atoms with Crippen LogP contribution in [0.4, 0.5) is 4.39 Å². The second-order valence-corrected chi connectivity index (χ2v) is 9.05. The fourth-order valence-corrected chi connectivity index (χ4v) is 4.69. The molecule has 1 saturated heterocycles. The second kappa shape index (κ2) is 11.9. The minimum Gasteiger partial charge on any atom is -0.384 e. The molecular formula is C26H27FN4O2S. The van der Waals surface area contributed by atoms with E-state index in [1.54, 1.807) is 37.7 Å². The summed E-state index contributed by atoms with van der Waals surface area (Å²) >= 11 is 1.54. The van der Waals surface area contributed by atoms with Gasteiger partial charge >= 0.3 is 0 Å². The van der Waals surface area contributed by atoms with Crippen LogP contribution in [0.1, 0.15) is 30.1 Å². The maximum atomic E-state index is 13.9. The van der Waals surface area contributed by atoms with Crippen molar-refractivity contribution in [1.29, 1.82) is 0 Å². The van der Waals surface area contributed by atoms with Crippen molar-refractivity contribution in [3.63, 3.8) is 0 Å². The van der Waals surface area contributed by atoms with E-state index in [4.69, 9.17) is 9.72 Å². The summed E-state index contributed by atoms with van der Waals surface area (Å²) in [6.07, 6.45) is 8.38. The molecule has 1 aliphatic heterocycles. The number of hydrogen-bond acceptors (Lipinski definition) is 6. The van der Waals surface area contributed by atoms with Crippen LogP contribution in [0.3, 0.4) is 0 Å². The normalized spacial score (nSPS) is 14.6. The molecule has 8 heteroatoms. The zero-order valence-corrected chi connectivity index (χ0v) is 19.9. The quantitative estimate of drug-likeness (QED) is 0.200. The van der Waals surface area contributed by atoms with E-state index < -0.39 is 0 Å². The summed E-state index contributed by atoms with van der Waals surface area (Å²) in [5.41, 5.74) is 3.28. The Kier molecular flexibility index (Phi) is 8.38. The molecule has 1 amide bonds. The van der Waals surface area contributed by atoms with E-state index in [9.17, 15) is 9.18 Å². The summed E-state index contributed by atoms with van der Waals surface area (Å²) in [7, 11) is 1.67. The fourth-order valence-electron chi connectivity index (χ4n) is 3.96. The molecule has 176 valence electrons. The number of carbonyl (C=O) groups excluding carboxylic acids is 1. The van der Waals surface area contributed by atoms with Gasteiger partial charge in [-0.25, -0.2) is 14.4 Å². The molecule has 0 N–H and O–H groups in total. The molecule has 1 aliphatic rings. The van der Waals surface area contributed by atoms with Crippen LogP contribution >= 0.6 is 11.8 Å². The van der Waals surface area contributed by atoms with Crippen LogP contribution in [0.2, 0.25) is 0 Å². The van der Waals surface area contributed by atoms with Crippen molar-refractivity contribution in [1.82, 2.24) is 19.9 Å². The number of methoxy groups -OCH3 is 1. The first kappa shape index (κ1) is 24.0. The minimum atomic E-state index is -0.290. The lowest BCUT2D eigenvalue weighted by Crippen LogP contribution is -2.37. The second-order valence-electron chi connectivity index (χ2n) is 7.99. The highest BCUT2D eigenvalue weighted by atomic mass is 32.2. The van der Waals surface area contributed by atoms with Crippen molar-refractivity contribution in [3.8, 4) is 11.1 Å². The third-order valence-electron chi connectivity index (χ3n) is 5.73. The van der Waals surface area contributed by atoms with Crippen LogP contribution in [0.25, 0.3) is 17.2 Å². The van der Waals surface area contributed by atoms with Gasteiger partial charge in [0, 0.05) is 55.9 Å². The first-order valence-corrected chi connectivity index (χ1v) is 12.2. The van der Waals surface area contributed by atoms with E-state index in [0.717, 1.165) is 41.1 Å². The Labute approximate surface area is 203 Å². The summed E-state index contributed by atoms with van der Waals surface area (Å²) in [5.74, 6) is 0.604. The number of rotatable bonds is 8. The Bertz CT molecular complexity index is 1130. The van der Waals surface area contributed by atoms with E-state index in [1.165, 1.54) is 23.9 Å². The Morgan fingerprint density at radius 3 is 2.79 bits per heavy atom. The largest absolute Gasteiger partial charge is 0.384 e. The summed E-state index contributed by atoms with van der Waals surface area (Å²) in [5, 5.41) is 0.684. The topological polar surface area (TPSA) is 68.2 Å². The Balaban J connectivity index is 1.49. The van der Waals surface area contributed by atoms with Gasteiger partial charge in [0.05, 0.1) is 18.0 Å². The maximum absolute atomic E-state index is 13.9. The number of aromatic nitrogens is 3. The van der Waals surface area contributed by atoms with Crippen molar-refractivity contribution in [2.45, 2.75) is 23.9 Å². The van der Waals surface area contributed by atoms with E-state index in [-0.39, 0.29) is 17.6 Å². The third kappa shape index (κ3) is 6.27. The monoisotopic (exact) mass is 478 g/mol. The predicted octanol–water partition coefficient (Wildman–Crippen LogP) is 4.84. The number of hydrogen-bond donors (Lipinski definition) is 0. The van der Waals surface area contributed by atoms with Gasteiger partial charge in [0.15, 0.2) is 5.16 Å². The average molecular weight is 479 g/mol. The SMILES string of the molecule is COCCSc1ncc(-c2cccc(F)c2)c(C2CCN(C(=O)/C=C/c3ccccn3)CC2)n1. The first-order valence-electron chi connectivity index (χ1n) is 11.3. The first-order chi connectivity index (χ1) is 16.6. The molecule has 3 heterocycles. The van der Waals surface area contributed by atoms with Gasteiger partial charge in [-0.05, 0) is 48.7 Å². The van der Waals surface area contributed by atoms with Crippen molar-refractivity contribution in [2.24, 2.45) is 0 Å². The molecule has 4 rings (SSSR count). The zero-order valence-electron chi connectivity index (χ0n) is 19.1. The van der Waals surface area contributed by atoms with Crippen molar-refractivity contribution in [3.05, 3.63) is 78.1 Å². The molecule has 34 heavy (non-hydrogen) atoms. The molecule has 0 unspecified atom stereocenters. The number of pyridine rings is 1. The minimum absolute atomic E-state index is 0.0204. The predicted molar refractivity (Wildman–Crippen MR) is 132 cm³/mol. The molecule has 1 fully saturated rings. The molecule has 6 nitrogen and oxygen atoms in total. The van der Waals surface area contributed by atoms with Gasteiger partial charge in [0.25, 0.3) is 0 Å². The number of benzene rings is 1.